The number of hydrogen-bond donors (Lipinski definition) is 3. The van der Waals surface area contributed by atoms with Gasteiger partial charge in [0.05, 0.1) is 0 Å². The van der Waals surface area contributed by atoms with Crippen molar-refractivity contribution in [2.24, 2.45) is 0 Å². The van der Waals surface area contributed by atoms with Crippen LogP contribution >= 0.6 is 0 Å². The Morgan fingerprint density at radius 2 is 1.93 bits per heavy atom. The number of anilines is 1. The van der Waals surface area contributed by atoms with Crippen molar-refractivity contribution >= 4 is 28.8 Å². The quantitative estimate of drug-likeness (QED) is 0.453. The Hall–Kier alpha value is -3.93. The summed E-state index contributed by atoms with van der Waals surface area (Å²) in [6, 6.07) is 14.2. The molecule has 0 aliphatic carbocycles. The van der Waals surface area contributed by atoms with Gasteiger partial charge >= 0.3 is 0 Å². The number of rotatable bonds is 5. The van der Waals surface area contributed by atoms with Gasteiger partial charge in [0.2, 0.25) is 5.91 Å². The molecule has 29 heavy (non-hydrogen) atoms. The first-order valence-electron chi connectivity index (χ1n) is 9.29. The van der Waals surface area contributed by atoms with Crippen molar-refractivity contribution in [1.82, 2.24) is 20.3 Å². The molecular weight excluding hydrogens is 362 g/mol. The summed E-state index contributed by atoms with van der Waals surface area (Å²) >= 11 is 0. The first-order chi connectivity index (χ1) is 14.2. The molecule has 6 nitrogen and oxygen atoms in total. The largest absolute Gasteiger partial charge is 0.373 e. The third-order valence-corrected chi connectivity index (χ3v) is 4.75. The summed E-state index contributed by atoms with van der Waals surface area (Å²) in [5.41, 5.74) is 5.98. The number of amides is 1. The Balaban J connectivity index is 1.74. The molecule has 3 heterocycles. The number of nitrogens with one attached hydrogen (secondary N) is 3. The topological polar surface area (TPSA) is 82.7 Å². The Labute approximate surface area is 168 Å². The Morgan fingerprint density at radius 1 is 1.03 bits per heavy atom. The van der Waals surface area contributed by atoms with Crippen LogP contribution in [0.1, 0.15) is 5.56 Å². The predicted octanol–water partition coefficient (Wildman–Crippen LogP) is 4.09. The van der Waals surface area contributed by atoms with Crippen molar-refractivity contribution in [3.63, 3.8) is 0 Å². The standard InChI is InChI=1S/C23H21N5O/c1-24-21-12-17(8-9-26-21)20-14-28-23-19(20)11-18(13-27-23)16-5-3-4-15(10-16)6-7-22(29)25-2/h3-14H,1-2H3,(H,24,26)(H,25,29)(H,27,28)/b7-6+. The maximum atomic E-state index is 11.5. The SMILES string of the molecule is CNC(=O)/C=C/c1cccc(-c2cnc3[nH]cc(-c4ccnc(NC)c4)c3c2)c1. The molecule has 0 atom stereocenters. The third kappa shape index (κ3) is 3.87. The van der Waals surface area contributed by atoms with E-state index in [0.717, 1.165) is 44.7 Å². The first-order valence-corrected chi connectivity index (χ1v) is 9.29. The maximum Gasteiger partial charge on any atom is 0.243 e. The fraction of sp³-hybridized carbons (Fsp3) is 0.0870. The van der Waals surface area contributed by atoms with Crippen LogP contribution in [-0.4, -0.2) is 35.0 Å². The fourth-order valence-electron chi connectivity index (χ4n) is 3.21. The zero-order valence-electron chi connectivity index (χ0n) is 16.2. The van der Waals surface area contributed by atoms with Gasteiger partial charge in [-0.3, -0.25) is 4.79 Å². The molecule has 0 fully saturated rings. The normalized spacial score (nSPS) is 11.1. The monoisotopic (exact) mass is 383 g/mol. The highest BCUT2D eigenvalue weighted by Gasteiger charge is 2.10. The number of carbonyl (C=O) groups is 1. The molecule has 0 aliphatic heterocycles. The van der Waals surface area contributed by atoms with E-state index in [4.69, 9.17) is 0 Å². The molecule has 3 aromatic heterocycles. The zero-order chi connectivity index (χ0) is 20.2. The van der Waals surface area contributed by atoms with Crippen LogP contribution in [0.5, 0.6) is 0 Å². The average Bonchev–Trinajstić information content (AvgIpc) is 3.21. The van der Waals surface area contributed by atoms with Gasteiger partial charge in [0.1, 0.15) is 11.5 Å². The highest BCUT2D eigenvalue weighted by atomic mass is 16.1. The summed E-state index contributed by atoms with van der Waals surface area (Å²) in [6.07, 6.45) is 8.94. The zero-order valence-corrected chi connectivity index (χ0v) is 16.2. The lowest BCUT2D eigenvalue weighted by molar-refractivity contribution is -0.115. The molecule has 0 aliphatic rings. The number of hydrogen-bond acceptors (Lipinski definition) is 4. The average molecular weight is 383 g/mol. The molecule has 4 aromatic rings. The second-order valence-electron chi connectivity index (χ2n) is 6.58. The van der Waals surface area contributed by atoms with Crippen molar-refractivity contribution in [2.75, 3.05) is 19.4 Å². The van der Waals surface area contributed by atoms with Gasteiger partial charge in [0.15, 0.2) is 0 Å². The number of pyridine rings is 2. The van der Waals surface area contributed by atoms with Crippen molar-refractivity contribution in [3.05, 3.63) is 72.7 Å². The van der Waals surface area contributed by atoms with Gasteiger partial charge < -0.3 is 15.6 Å². The summed E-state index contributed by atoms with van der Waals surface area (Å²) < 4.78 is 0. The van der Waals surface area contributed by atoms with Crippen LogP contribution in [0.3, 0.4) is 0 Å². The summed E-state index contributed by atoms with van der Waals surface area (Å²) in [5.74, 6) is 0.685. The number of nitrogens with zero attached hydrogens (tertiary/aromatic N) is 2. The highest BCUT2D eigenvalue weighted by Crippen LogP contribution is 2.31. The molecule has 0 saturated heterocycles. The summed E-state index contributed by atoms with van der Waals surface area (Å²) in [5, 5.41) is 6.70. The predicted molar refractivity (Wildman–Crippen MR) is 117 cm³/mol. The van der Waals surface area contributed by atoms with Gasteiger partial charge in [0, 0.05) is 55.3 Å². The van der Waals surface area contributed by atoms with Crippen LogP contribution in [0.4, 0.5) is 5.82 Å². The van der Waals surface area contributed by atoms with E-state index in [1.54, 1.807) is 19.3 Å². The van der Waals surface area contributed by atoms with Crippen molar-refractivity contribution in [3.8, 4) is 22.3 Å². The van der Waals surface area contributed by atoms with Crippen LogP contribution in [0.15, 0.2) is 67.1 Å². The van der Waals surface area contributed by atoms with Crippen LogP contribution in [0, 0.1) is 0 Å². The molecule has 144 valence electrons. The third-order valence-electron chi connectivity index (χ3n) is 4.75. The molecule has 0 spiro atoms. The number of H-pyrrole nitrogens is 1. The van der Waals surface area contributed by atoms with Gasteiger partial charge in [-0.2, -0.15) is 0 Å². The van der Waals surface area contributed by atoms with Crippen LogP contribution in [-0.2, 0) is 4.79 Å². The van der Waals surface area contributed by atoms with E-state index in [1.165, 1.54) is 6.08 Å². The molecule has 0 bridgehead atoms. The summed E-state index contributed by atoms with van der Waals surface area (Å²) in [4.78, 5) is 23.6. The number of fused-ring (bicyclic) bond motifs is 1. The molecule has 0 unspecified atom stereocenters. The number of likely N-dealkylation sites (N-methyl/N-ethyl adjacent to an activating group) is 1. The van der Waals surface area contributed by atoms with E-state index in [1.807, 2.05) is 55.8 Å². The second kappa shape index (κ2) is 7.98. The van der Waals surface area contributed by atoms with Crippen LogP contribution in [0.25, 0.3) is 39.4 Å². The van der Waals surface area contributed by atoms with Crippen LogP contribution < -0.4 is 10.6 Å². The van der Waals surface area contributed by atoms with E-state index < -0.39 is 0 Å². The van der Waals surface area contributed by atoms with Gasteiger partial charge in [0.25, 0.3) is 0 Å². The number of aromatic nitrogens is 3. The number of aromatic amines is 1. The summed E-state index contributed by atoms with van der Waals surface area (Å²) in [7, 11) is 3.47. The maximum absolute atomic E-state index is 11.5. The Morgan fingerprint density at radius 3 is 2.76 bits per heavy atom. The molecule has 4 rings (SSSR count). The minimum atomic E-state index is -0.131. The summed E-state index contributed by atoms with van der Waals surface area (Å²) in [6.45, 7) is 0. The van der Waals surface area contributed by atoms with E-state index in [0.29, 0.717) is 0 Å². The Kier molecular flexibility index (Phi) is 5.07. The van der Waals surface area contributed by atoms with E-state index >= 15 is 0 Å². The number of benzene rings is 1. The lowest BCUT2D eigenvalue weighted by Gasteiger charge is -2.06. The van der Waals surface area contributed by atoms with E-state index in [-0.39, 0.29) is 5.91 Å². The van der Waals surface area contributed by atoms with Crippen molar-refractivity contribution in [1.29, 1.82) is 0 Å². The number of carbonyl (C=O) groups excluding carboxylic acids is 1. The van der Waals surface area contributed by atoms with E-state index in [9.17, 15) is 4.79 Å². The van der Waals surface area contributed by atoms with Gasteiger partial charge in [-0.05, 0) is 47.0 Å². The van der Waals surface area contributed by atoms with Crippen molar-refractivity contribution < 1.29 is 4.79 Å². The van der Waals surface area contributed by atoms with E-state index in [2.05, 4.69) is 31.7 Å². The molecule has 0 radical (unpaired) electrons. The molecule has 6 heteroatoms. The molecule has 1 aromatic carbocycles. The van der Waals surface area contributed by atoms with Gasteiger partial charge in [-0.1, -0.05) is 18.2 Å². The molecule has 1 amide bonds. The molecule has 3 N–H and O–H groups in total. The van der Waals surface area contributed by atoms with Crippen LogP contribution in [0.2, 0.25) is 0 Å². The van der Waals surface area contributed by atoms with Gasteiger partial charge in [-0.15, -0.1) is 0 Å². The lowest BCUT2D eigenvalue weighted by atomic mass is 10.0. The van der Waals surface area contributed by atoms with Crippen molar-refractivity contribution in [2.45, 2.75) is 0 Å². The van der Waals surface area contributed by atoms with Gasteiger partial charge in [-0.25, -0.2) is 9.97 Å². The minimum Gasteiger partial charge on any atom is -0.373 e. The Bertz CT molecular complexity index is 1210. The highest BCUT2D eigenvalue weighted by molar-refractivity contribution is 5.96. The lowest BCUT2D eigenvalue weighted by Crippen LogP contribution is -2.13. The molecule has 0 saturated carbocycles. The fourth-order valence-corrected chi connectivity index (χ4v) is 3.21. The first kappa shape index (κ1) is 18.4. The smallest absolute Gasteiger partial charge is 0.243 e. The minimum absolute atomic E-state index is 0.131. The molecular formula is C23H21N5O. The second-order valence-corrected chi connectivity index (χ2v) is 6.58.